The van der Waals surface area contributed by atoms with Gasteiger partial charge in [-0.25, -0.2) is 0 Å². The predicted octanol–water partition coefficient (Wildman–Crippen LogP) is 2.56. The molecule has 0 spiro atoms. The van der Waals surface area contributed by atoms with Crippen LogP contribution >= 0.6 is 0 Å². The number of likely N-dealkylation sites (N-methyl/N-ethyl adjacent to an activating group) is 1. The van der Waals surface area contributed by atoms with Crippen LogP contribution in [-0.2, 0) is 0 Å². The van der Waals surface area contributed by atoms with Crippen LogP contribution in [-0.4, -0.2) is 55.6 Å². The Balaban J connectivity index is 2.66. The van der Waals surface area contributed by atoms with E-state index in [4.69, 9.17) is 5.73 Å². The number of hydrogen-bond donors (Lipinski definition) is 1. The summed E-state index contributed by atoms with van der Waals surface area (Å²) in [6.07, 6.45) is 7.91. The van der Waals surface area contributed by atoms with E-state index in [-0.39, 0.29) is 5.54 Å². The minimum absolute atomic E-state index is 0.289. The molecule has 1 rings (SSSR count). The summed E-state index contributed by atoms with van der Waals surface area (Å²) < 4.78 is 0. The standard InChI is InChI=1S/C16H35N3/c1-5-11-19(13-12-18(3)4)16(14-17)9-7-15(6-2)8-10-16/h15H,5-14,17H2,1-4H3. The highest BCUT2D eigenvalue weighted by atomic mass is 15.2. The van der Waals surface area contributed by atoms with E-state index in [1.165, 1.54) is 45.1 Å². The second kappa shape index (κ2) is 8.23. The van der Waals surface area contributed by atoms with Gasteiger partial charge in [-0.15, -0.1) is 0 Å². The smallest absolute Gasteiger partial charge is 0.0332 e. The van der Waals surface area contributed by atoms with Crippen molar-refractivity contribution in [3.63, 3.8) is 0 Å². The summed E-state index contributed by atoms with van der Waals surface area (Å²) in [6.45, 7) is 8.94. The molecule has 0 heterocycles. The molecule has 1 aliphatic carbocycles. The van der Waals surface area contributed by atoms with Crippen molar-refractivity contribution in [1.29, 1.82) is 0 Å². The van der Waals surface area contributed by atoms with Crippen molar-refractivity contribution in [2.24, 2.45) is 11.7 Å². The Morgan fingerprint density at radius 2 is 1.68 bits per heavy atom. The largest absolute Gasteiger partial charge is 0.329 e. The summed E-state index contributed by atoms with van der Waals surface area (Å²) in [5, 5.41) is 0. The van der Waals surface area contributed by atoms with Gasteiger partial charge in [0.05, 0.1) is 0 Å². The Kier molecular flexibility index (Phi) is 7.33. The van der Waals surface area contributed by atoms with Crippen LogP contribution in [0.25, 0.3) is 0 Å². The number of rotatable bonds is 8. The van der Waals surface area contributed by atoms with Crippen molar-refractivity contribution in [3.05, 3.63) is 0 Å². The molecule has 0 atom stereocenters. The van der Waals surface area contributed by atoms with Gasteiger partial charge in [-0.1, -0.05) is 20.3 Å². The highest BCUT2D eigenvalue weighted by Crippen LogP contribution is 2.37. The molecule has 3 nitrogen and oxygen atoms in total. The minimum Gasteiger partial charge on any atom is -0.329 e. The van der Waals surface area contributed by atoms with Gasteiger partial charge < -0.3 is 10.6 Å². The van der Waals surface area contributed by atoms with E-state index in [1.807, 2.05) is 0 Å². The molecule has 1 saturated carbocycles. The molecule has 19 heavy (non-hydrogen) atoms. The first-order chi connectivity index (χ1) is 9.07. The lowest BCUT2D eigenvalue weighted by Crippen LogP contribution is -2.57. The van der Waals surface area contributed by atoms with E-state index in [9.17, 15) is 0 Å². The zero-order valence-corrected chi connectivity index (χ0v) is 13.6. The fraction of sp³-hybridized carbons (Fsp3) is 1.00. The highest BCUT2D eigenvalue weighted by molar-refractivity contribution is 4.95. The molecule has 1 fully saturated rings. The second-order valence-corrected chi connectivity index (χ2v) is 6.57. The monoisotopic (exact) mass is 269 g/mol. The van der Waals surface area contributed by atoms with Gasteiger partial charge in [-0.2, -0.15) is 0 Å². The molecule has 0 aromatic rings. The van der Waals surface area contributed by atoms with Crippen molar-refractivity contribution >= 4 is 0 Å². The van der Waals surface area contributed by atoms with Crippen molar-refractivity contribution in [2.75, 3.05) is 40.3 Å². The third-order valence-corrected chi connectivity index (χ3v) is 4.97. The summed E-state index contributed by atoms with van der Waals surface area (Å²) in [7, 11) is 4.32. The molecule has 1 aliphatic rings. The molecule has 0 radical (unpaired) electrons. The minimum atomic E-state index is 0.289. The first kappa shape index (κ1) is 16.9. The molecule has 0 aromatic carbocycles. The maximum atomic E-state index is 6.21. The molecule has 0 unspecified atom stereocenters. The molecule has 0 aliphatic heterocycles. The molecule has 3 heteroatoms. The zero-order valence-electron chi connectivity index (χ0n) is 13.6. The van der Waals surface area contributed by atoms with Gasteiger partial charge in [0.2, 0.25) is 0 Å². The van der Waals surface area contributed by atoms with E-state index < -0.39 is 0 Å². The number of nitrogens with zero attached hydrogens (tertiary/aromatic N) is 2. The van der Waals surface area contributed by atoms with Crippen molar-refractivity contribution in [3.8, 4) is 0 Å². The van der Waals surface area contributed by atoms with Crippen molar-refractivity contribution in [1.82, 2.24) is 9.80 Å². The maximum Gasteiger partial charge on any atom is 0.0332 e. The maximum absolute atomic E-state index is 6.21. The van der Waals surface area contributed by atoms with Gasteiger partial charge in [-0.05, 0) is 58.7 Å². The first-order valence-corrected chi connectivity index (χ1v) is 8.17. The summed E-state index contributed by atoms with van der Waals surface area (Å²) >= 11 is 0. The molecular weight excluding hydrogens is 234 g/mol. The Labute approximate surface area is 120 Å². The molecular formula is C16H35N3. The van der Waals surface area contributed by atoms with Crippen LogP contribution in [0.2, 0.25) is 0 Å². The van der Waals surface area contributed by atoms with Crippen LogP contribution in [0.1, 0.15) is 52.4 Å². The molecule has 114 valence electrons. The summed E-state index contributed by atoms with van der Waals surface area (Å²) in [4.78, 5) is 4.98. The van der Waals surface area contributed by atoms with Gasteiger partial charge in [0.1, 0.15) is 0 Å². The summed E-state index contributed by atoms with van der Waals surface area (Å²) in [6, 6.07) is 0. The second-order valence-electron chi connectivity index (χ2n) is 6.57. The van der Waals surface area contributed by atoms with Crippen LogP contribution in [0, 0.1) is 5.92 Å². The van der Waals surface area contributed by atoms with Crippen LogP contribution in [0.5, 0.6) is 0 Å². The van der Waals surface area contributed by atoms with Gasteiger partial charge in [0, 0.05) is 25.2 Å². The van der Waals surface area contributed by atoms with E-state index in [0.717, 1.165) is 25.6 Å². The molecule has 0 amide bonds. The lowest BCUT2D eigenvalue weighted by atomic mass is 9.74. The van der Waals surface area contributed by atoms with Gasteiger partial charge >= 0.3 is 0 Å². The first-order valence-electron chi connectivity index (χ1n) is 8.17. The highest BCUT2D eigenvalue weighted by Gasteiger charge is 2.38. The third-order valence-electron chi connectivity index (χ3n) is 4.97. The Hall–Kier alpha value is -0.120. The Morgan fingerprint density at radius 3 is 2.11 bits per heavy atom. The van der Waals surface area contributed by atoms with Crippen LogP contribution in [0.3, 0.4) is 0 Å². The van der Waals surface area contributed by atoms with Gasteiger partial charge in [0.25, 0.3) is 0 Å². The van der Waals surface area contributed by atoms with Gasteiger partial charge in [-0.3, -0.25) is 4.90 Å². The van der Waals surface area contributed by atoms with Crippen LogP contribution in [0.4, 0.5) is 0 Å². The Bertz CT molecular complexity index is 232. The third kappa shape index (κ3) is 4.73. The fourth-order valence-corrected chi connectivity index (χ4v) is 3.45. The fourth-order valence-electron chi connectivity index (χ4n) is 3.45. The van der Waals surface area contributed by atoms with Crippen molar-refractivity contribution < 1.29 is 0 Å². The van der Waals surface area contributed by atoms with Crippen LogP contribution in [0.15, 0.2) is 0 Å². The Morgan fingerprint density at radius 1 is 1.05 bits per heavy atom. The summed E-state index contributed by atoms with van der Waals surface area (Å²) in [5.41, 5.74) is 6.50. The summed E-state index contributed by atoms with van der Waals surface area (Å²) in [5.74, 6) is 0.942. The number of nitrogens with two attached hydrogens (primary N) is 1. The van der Waals surface area contributed by atoms with E-state index in [1.54, 1.807) is 0 Å². The molecule has 0 saturated heterocycles. The predicted molar refractivity (Wildman–Crippen MR) is 84.5 cm³/mol. The molecule has 0 bridgehead atoms. The molecule has 0 aromatic heterocycles. The average molecular weight is 269 g/mol. The lowest BCUT2D eigenvalue weighted by Gasteiger charge is -2.48. The van der Waals surface area contributed by atoms with E-state index in [2.05, 4.69) is 37.7 Å². The van der Waals surface area contributed by atoms with E-state index >= 15 is 0 Å². The van der Waals surface area contributed by atoms with E-state index in [0.29, 0.717) is 0 Å². The van der Waals surface area contributed by atoms with Crippen LogP contribution < -0.4 is 5.73 Å². The normalized spacial score (nSPS) is 28.3. The zero-order chi connectivity index (χ0) is 14.3. The van der Waals surface area contributed by atoms with Crippen molar-refractivity contribution in [2.45, 2.75) is 57.9 Å². The molecule has 2 N–H and O–H groups in total. The number of hydrogen-bond acceptors (Lipinski definition) is 3. The lowest BCUT2D eigenvalue weighted by molar-refractivity contribution is 0.0368. The quantitative estimate of drug-likeness (QED) is 0.735. The topological polar surface area (TPSA) is 32.5 Å². The average Bonchev–Trinajstić information content (AvgIpc) is 2.43. The van der Waals surface area contributed by atoms with Gasteiger partial charge in [0.15, 0.2) is 0 Å². The SMILES string of the molecule is CCCN(CCN(C)C)C1(CN)CCC(CC)CC1.